The normalized spacial score (nSPS) is 12.7. The van der Waals surface area contributed by atoms with Crippen LogP contribution in [0.5, 0.6) is 17.2 Å². The van der Waals surface area contributed by atoms with E-state index in [4.69, 9.17) is 4.74 Å². The van der Waals surface area contributed by atoms with Crippen molar-refractivity contribution in [3.63, 3.8) is 0 Å². The van der Waals surface area contributed by atoms with E-state index in [-0.39, 0.29) is 34.2 Å². The fraction of sp³-hybridized carbons (Fsp3) is 0.269. The lowest BCUT2D eigenvalue weighted by molar-refractivity contribution is 0.0654. The minimum atomic E-state index is -0.378. The van der Waals surface area contributed by atoms with Gasteiger partial charge in [-0.2, -0.15) is 0 Å². The van der Waals surface area contributed by atoms with Gasteiger partial charge >= 0.3 is 0 Å². The molecule has 5 nitrogen and oxygen atoms in total. The van der Waals surface area contributed by atoms with Crippen LogP contribution in [0.2, 0.25) is 0 Å². The molecular formula is C26H30O5. The van der Waals surface area contributed by atoms with Gasteiger partial charge in [-0.3, -0.25) is 4.79 Å². The lowest BCUT2D eigenvalue weighted by atomic mass is 9.99. The number of allylic oxidation sites excluding steroid dienone is 4. The maximum absolute atomic E-state index is 12.6. The second kappa shape index (κ2) is 10.6. The number of phenols is 3. The van der Waals surface area contributed by atoms with Gasteiger partial charge in [-0.1, -0.05) is 42.0 Å². The summed E-state index contributed by atoms with van der Waals surface area (Å²) in [5.41, 5.74) is 1.90. The van der Waals surface area contributed by atoms with Crippen molar-refractivity contribution in [1.82, 2.24) is 0 Å². The molecule has 0 bridgehead atoms. The number of carbonyl (C=O) groups is 1. The highest BCUT2D eigenvalue weighted by molar-refractivity contribution is 6.09. The molecule has 0 saturated heterocycles. The molecule has 2 aromatic carbocycles. The quantitative estimate of drug-likeness (QED) is 0.280. The number of rotatable bonds is 9. The first-order valence-electron chi connectivity index (χ1n) is 10.1. The van der Waals surface area contributed by atoms with E-state index in [2.05, 4.69) is 0 Å². The Morgan fingerprint density at radius 3 is 2.39 bits per heavy atom. The first-order valence-corrected chi connectivity index (χ1v) is 10.1. The van der Waals surface area contributed by atoms with Crippen LogP contribution in [0.3, 0.4) is 0 Å². The molecule has 0 radical (unpaired) electrons. The van der Waals surface area contributed by atoms with E-state index in [1.165, 1.54) is 30.3 Å². The van der Waals surface area contributed by atoms with E-state index in [1.54, 1.807) is 25.3 Å². The fourth-order valence-corrected chi connectivity index (χ4v) is 2.83. The van der Waals surface area contributed by atoms with Crippen LogP contribution in [-0.2, 0) is 11.2 Å². The van der Waals surface area contributed by atoms with Gasteiger partial charge in [0.05, 0.1) is 11.2 Å². The molecule has 0 heterocycles. The van der Waals surface area contributed by atoms with Crippen LogP contribution in [-0.4, -0.2) is 33.8 Å². The summed E-state index contributed by atoms with van der Waals surface area (Å²) in [6.07, 6.45) is 9.88. The Labute approximate surface area is 183 Å². The number of ketones is 1. The molecular weight excluding hydrogens is 392 g/mol. The second-order valence-electron chi connectivity index (χ2n) is 7.92. The highest BCUT2D eigenvalue weighted by atomic mass is 16.5. The smallest absolute Gasteiger partial charge is 0.189 e. The summed E-state index contributed by atoms with van der Waals surface area (Å²) >= 11 is 0. The van der Waals surface area contributed by atoms with Crippen molar-refractivity contribution >= 4 is 11.9 Å². The van der Waals surface area contributed by atoms with Crippen LogP contribution in [0, 0.1) is 0 Å². The molecule has 3 N–H and O–H groups in total. The Hall–Kier alpha value is -3.31. The number of ether oxygens (including phenoxy) is 1. The van der Waals surface area contributed by atoms with Crippen LogP contribution in [0.15, 0.2) is 66.3 Å². The second-order valence-corrected chi connectivity index (χ2v) is 7.92. The summed E-state index contributed by atoms with van der Waals surface area (Å²) in [6.45, 7) is 5.90. The van der Waals surface area contributed by atoms with E-state index in [1.807, 2.05) is 39.0 Å². The summed E-state index contributed by atoms with van der Waals surface area (Å²) in [6, 6.07) is 9.24. The molecule has 0 saturated carbocycles. The summed E-state index contributed by atoms with van der Waals surface area (Å²) in [7, 11) is 1.66. The van der Waals surface area contributed by atoms with Crippen LogP contribution in [0.25, 0.3) is 6.08 Å². The number of phenolic OH excluding ortho intramolecular Hbond substituents is 3. The average molecular weight is 423 g/mol. The van der Waals surface area contributed by atoms with E-state index in [9.17, 15) is 20.1 Å². The zero-order valence-corrected chi connectivity index (χ0v) is 18.4. The standard InChI is InChI=1S/C26H30O5/c1-18(6-5-17-26(2,3)31-4)7-13-21-24(29)16-14-22(25(21)30)23(28)15-10-19-8-11-20(27)12-9-19/h5,7-12,14-17,27,29-30H,6,13H2,1-4H3/b15-10+,17-5+,18-7+. The van der Waals surface area contributed by atoms with Gasteiger partial charge in [0.2, 0.25) is 0 Å². The van der Waals surface area contributed by atoms with Crippen molar-refractivity contribution in [3.8, 4) is 17.2 Å². The Bertz CT molecular complexity index is 995. The Morgan fingerprint density at radius 2 is 1.74 bits per heavy atom. The zero-order valence-electron chi connectivity index (χ0n) is 18.4. The SMILES string of the molecule is COC(C)(C)/C=C/C/C(C)=C/Cc1c(O)ccc(C(=O)/C=C/c2ccc(O)cc2)c1O. The number of hydrogen-bond donors (Lipinski definition) is 3. The molecule has 2 rings (SSSR count). The third kappa shape index (κ3) is 7.15. The van der Waals surface area contributed by atoms with Gasteiger partial charge in [-0.25, -0.2) is 0 Å². The van der Waals surface area contributed by atoms with Gasteiger partial charge in [0.25, 0.3) is 0 Å². The van der Waals surface area contributed by atoms with Crippen molar-refractivity contribution in [2.45, 2.75) is 39.2 Å². The van der Waals surface area contributed by atoms with Gasteiger partial charge in [0, 0.05) is 12.7 Å². The molecule has 164 valence electrons. The zero-order chi connectivity index (χ0) is 23.0. The van der Waals surface area contributed by atoms with Crippen LogP contribution in [0.4, 0.5) is 0 Å². The van der Waals surface area contributed by atoms with E-state index < -0.39 is 0 Å². The number of benzene rings is 2. The first kappa shape index (κ1) is 24.0. The average Bonchev–Trinajstić information content (AvgIpc) is 2.73. The number of methoxy groups -OCH3 is 1. The number of carbonyl (C=O) groups excluding carboxylic acids is 1. The van der Waals surface area contributed by atoms with Crippen molar-refractivity contribution in [2.24, 2.45) is 0 Å². The molecule has 0 amide bonds. The van der Waals surface area contributed by atoms with Crippen molar-refractivity contribution in [3.05, 3.63) is 83.0 Å². The molecule has 2 aromatic rings. The molecule has 0 unspecified atom stereocenters. The Morgan fingerprint density at radius 1 is 1.06 bits per heavy atom. The van der Waals surface area contributed by atoms with Gasteiger partial charge < -0.3 is 20.1 Å². The van der Waals surface area contributed by atoms with Gasteiger partial charge in [0.1, 0.15) is 17.2 Å². The van der Waals surface area contributed by atoms with Crippen molar-refractivity contribution in [1.29, 1.82) is 0 Å². The summed E-state index contributed by atoms with van der Waals surface area (Å²) in [5.74, 6) is -0.514. The predicted octanol–water partition coefficient (Wildman–Crippen LogP) is 5.56. The number of aromatic hydroxyl groups is 3. The maximum Gasteiger partial charge on any atom is 0.189 e. The number of hydrogen-bond acceptors (Lipinski definition) is 5. The minimum absolute atomic E-state index is 0.0586. The first-order chi connectivity index (χ1) is 14.6. The molecule has 0 aliphatic carbocycles. The van der Waals surface area contributed by atoms with Crippen LogP contribution < -0.4 is 0 Å². The lowest BCUT2D eigenvalue weighted by Gasteiger charge is -2.17. The van der Waals surface area contributed by atoms with Crippen LogP contribution in [0.1, 0.15) is 48.7 Å². The predicted molar refractivity (Wildman–Crippen MR) is 124 cm³/mol. The van der Waals surface area contributed by atoms with Gasteiger partial charge in [0.15, 0.2) is 5.78 Å². The molecule has 0 fully saturated rings. The monoisotopic (exact) mass is 422 g/mol. The highest BCUT2D eigenvalue weighted by Gasteiger charge is 2.15. The van der Waals surface area contributed by atoms with Crippen molar-refractivity contribution < 1.29 is 24.9 Å². The van der Waals surface area contributed by atoms with Gasteiger partial charge in [-0.15, -0.1) is 0 Å². The lowest BCUT2D eigenvalue weighted by Crippen LogP contribution is -2.18. The molecule has 31 heavy (non-hydrogen) atoms. The Balaban J connectivity index is 2.14. The fourth-order valence-electron chi connectivity index (χ4n) is 2.83. The third-order valence-corrected chi connectivity index (χ3v) is 4.98. The molecule has 0 atom stereocenters. The van der Waals surface area contributed by atoms with E-state index >= 15 is 0 Å². The summed E-state index contributed by atoms with van der Waals surface area (Å²) in [4.78, 5) is 12.6. The highest BCUT2D eigenvalue weighted by Crippen LogP contribution is 2.32. The summed E-state index contributed by atoms with van der Waals surface area (Å²) < 4.78 is 5.35. The van der Waals surface area contributed by atoms with Crippen LogP contribution >= 0.6 is 0 Å². The maximum atomic E-state index is 12.6. The molecule has 0 aliphatic heterocycles. The molecule has 0 spiro atoms. The molecule has 5 heteroatoms. The summed E-state index contributed by atoms with van der Waals surface area (Å²) in [5, 5.41) is 30.1. The van der Waals surface area contributed by atoms with Gasteiger partial charge in [-0.05, 0) is 69.5 Å². The molecule has 0 aromatic heterocycles. The topological polar surface area (TPSA) is 87.0 Å². The third-order valence-electron chi connectivity index (χ3n) is 4.98. The largest absolute Gasteiger partial charge is 0.508 e. The van der Waals surface area contributed by atoms with Crippen molar-refractivity contribution in [2.75, 3.05) is 7.11 Å². The Kier molecular flexibility index (Phi) is 8.22. The van der Waals surface area contributed by atoms with E-state index in [0.29, 0.717) is 18.4 Å². The minimum Gasteiger partial charge on any atom is -0.508 e. The molecule has 0 aliphatic rings. The van der Waals surface area contributed by atoms with E-state index in [0.717, 1.165) is 11.1 Å².